The van der Waals surface area contributed by atoms with Gasteiger partial charge in [0.2, 0.25) is 0 Å². The molecule has 0 bridgehead atoms. The second-order valence-corrected chi connectivity index (χ2v) is 7.07. The molecule has 0 aromatic carbocycles. The van der Waals surface area contributed by atoms with Crippen LogP contribution in [0.2, 0.25) is 0 Å². The van der Waals surface area contributed by atoms with E-state index < -0.39 is 64.7 Å². The summed E-state index contributed by atoms with van der Waals surface area (Å²) in [4.78, 5) is 21.8. The molecule has 34 heavy (non-hydrogen) atoms. The Morgan fingerprint density at radius 1 is 0.676 bits per heavy atom. The molecule has 21 heteroatoms. The van der Waals surface area contributed by atoms with Gasteiger partial charge in [-0.1, -0.05) is 5.12 Å². The van der Waals surface area contributed by atoms with E-state index in [9.17, 15) is 75.5 Å². The van der Waals surface area contributed by atoms with Gasteiger partial charge in [0.1, 0.15) is 5.60 Å². The summed E-state index contributed by atoms with van der Waals surface area (Å²) in [7, 11) is 0. The molecular weight excluding hydrogens is 535 g/mol. The normalized spacial score (nSPS) is 16.8. The van der Waals surface area contributed by atoms with E-state index in [0.717, 1.165) is 20.8 Å². The van der Waals surface area contributed by atoms with Crippen molar-refractivity contribution >= 4 is 12.1 Å². The summed E-state index contributed by atoms with van der Waals surface area (Å²) >= 11 is 0. The molecule has 0 amide bonds. The summed E-state index contributed by atoms with van der Waals surface area (Å²) in [6.45, 7) is 2.48. The number of hydrogen-bond acceptors (Lipinski definition) is 5. The molecule has 0 heterocycles. The Morgan fingerprint density at radius 3 is 1.24 bits per heavy atom. The molecule has 1 atom stereocenters. The van der Waals surface area contributed by atoms with Gasteiger partial charge in [0.15, 0.2) is 0 Å². The molecule has 6 nitrogen and oxygen atoms in total. The largest absolute Gasteiger partial charge is 0.513 e. The van der Waals surface area contributed by atoms with Gasteiger partial charge in [0, 0.05) is 0 Å². The summed E-state index contributed by atoms with van der Waals surface area (Å²) in [6.07, 6.45) is -35.0. The average molecular weight is 545 g/mol. The van der Waals surface area contributed by atoms with Gasteiger partial charge in [0.05, 0.1) is 0 Å². The minimum Gasteiger partial charge on any atom is -0.478 e. The van der Waals surface area contributed by atoms with Gasteiger partial charge in [-0.05, 0) is 20.8 Å². The number of nitrogens with zero attached hydrogens (tertiary/aromatic N) is 1. The molecule has 0 radical (unpaired) electrons. The van der Waals surface area contributed by atoms with Crippen molar-refractivity contribution in [3.63, 3.8) is 0 Å². The Kier molecular flexibility index (Phi) is 7.82. The highest BCUT2D eigenvalue weighted by Gasteiger charge is 2.94. The number of rotatable bonds is 6. The van der Waals surface area contributed by atoms with Crippen LogP contribution in [-0.2, 0) is 14.3 Å². The van der Waals surface area contributed by atoms with Crippen molar-refractivity contribution in [2.75, 3.05) is 0 Å². The van der Waals surface area contributed by atoms with Crippen molar-refractivity contribution in [2.45, 2.75) is 68.3 Å². The van der Waals surface area contributed by atoms with Gasteiger partial charge in [0.25, 0.3) is 0 Å². The van der Waals surface area contributed by atoms with Crippen molar-refractivity contribution < 1.29 is 90.1 Å². The van der Waals surface area contributed by atoms with E-state index in [1.807, 2.05) is 0 Å². The van der Waals surface area contributed by atoms with Crippen molar-refractivity contribution in [2.24, 2.45) is 0 Å². The summed E-state index contributed by atoms with van der Waals surface area (Å²) in [6, 6.07) is 0. The van der Waals surface area contributed by atoms with Crippen LogP contribution in [0.15, 0.2) is 0 Å². The third kappa shape index (κ3) is 4.88. The second-order valence-electron chi connectivity index (χ2n) is 7.07. The maximum Gasteiger partial charge on any atom is 0.513 e. The Bertz CT molecular complexity index is 745. The van der Waals surface area contributed by atoms with E-state index in [0.29, 0.717) is 0 Å². The predicted molar refractivity (Wildman–Crippen MR) is 72.5 cm³/mol. The second kappa shape index (κ2) is 8.40. The first-order valence-corrected chi connectivity index (χ1v) is 7.71. The molecule has 1 N–H and O–H groups in total. The highest BCUT2D eigenvalue weighted by atomic mass is 19.4. The lowest BCUT2D eigenvalue weighted by Gasteiger charge is -2.46. The van der Waals surface area contributed by atoms with E-state index in [2.05, 4.69) is 9.47 Å². The van der Waals surface area contributed by atoms with E-state index >= 15 is 0 Å². The molecule has 0 saturated carbocycles. The first-order chi connectivity index (χ1) is 14.4. The van der Waals surface area contributed by atoms with Gasteiger partial charge < -0.3 is 14.6 Å². The first-order valence-electron chi connectivity index (χ1n) is 7.71. The van der Waals surface area contributed by atoms with Crippen molar-refractivity contribution in [1.29, 1.82) is 0 Å². The average Bonchev–Trinajstić information content (AvgIpc) is 2.46. The van der Waals surface area contributed by atoms with Gasteiger partial charge in [-0.2, -0.15) is 57.1 Å². The monoisotopic (exact) mass is 545 g/mol. The standard InChI is InChI=1S/C13H10F15NO5/c1-6(2,3)33-5(32)34-13(26,27)9(15,16)7(14,4(30)31)29(28)8(10(17,18)19,11(20,21)22)12(23,24)25/h1-3H3,(H,30,31)/t7-/m1/s1. The molecule has 0 aliphatic heterocycles. The van der Waals surface area contributed by atoms with Crippen LogP contribution in [0.4, 0.5) is 70.7 Å². The quantitative estimate of drug-likeness (QED) is 0.205. The van der Waals surface area contributed by atoms with Gasteiger partial charge in [-0.25, -0.2) is 14.0 Å². The molecular formula is C13H10F15NO5. The zero-order valence-corrected chi connectivity index (χ0v) is 16.2. The molecule has 202 valence electrons. The van der Waals surface area contributed by atoms with Gasteiger partial charge in [-0.3, -0.25) is 0 Å². The fourth-order valence-electron chi connectivity index (χ4n) is 2.02. The minimum absolute atomic E-state index is 0.828. The van der Waals surface area contributed by atoms with Crippen LogP contribution in [-0.4, -0.2) is 69.8 Å². The maximum absolute atomic E-state index is 14.4. The van der Waals surface area contributed by atoms with E-state index in [1.165, 1.54) is 0 Å². The van der Waals surface area contributed by atoms with Crippen molar-refractivity contribution in [1.82, 2.24) is 5.12 Å². The Morgan fingerprint density at radius 2 is 1.00 bits per heavy atom. The SMILES string of the molecule is CC(C)(C)OC(=O)OC(F)(F)C(F)(F)[C@@](F)(C(=O)O)N(F)C(C(F)(F)F)(C(F)(F)F)C(F)(F)F. The van der Waals surface area contributed by atoms with Crippen LogP contribution >= 0.6 is 0 Å². The van der Waals surface area contributed by atoms with E-state index in [4.69, 9.17) is 5.11 Å². The number of carboxylic acid groups (broad SMARTS) is 1. The Labute approximate surface area is 177 Å². The molecule has 0 aliphatic carbocycles. The Balaban J connectivity index is 7.21. The lowest BCUT2D eigenvalue weighted by atomic mass is 9.91. The summed E-state index contributed by atoms with van der Waals surface area (Å²) in [5, 5.41) is 3.63. The molecule has 0 aromatic rings. The van der Waals surface area contributed by atoms with Crippen LogP contribution in [0.1, 0.15) is 20.8 Å². The summed E-state index contributed by atoms with van der Waals surface area (Å²) < 4.78 is 206. The molecule has 0 fully saturated rings. The van der Waals surface area contributed by atoms with Crippen LogP contribution in [0.25, 0.3) is 0 Å². The van der Waals surface area contributed by atoms with Crippen molar-refractivity contribution in [3.05, 3.63) is 0 Å². The third-order valence-corrected chi connectivity index (χ3v) is 3.46. The molecule has 0 aromatic heterocycles. The number of ether oxygens (including phenoxy) is 2. The Hall–Kier alpha value is -2.35. The number of hydrogen-bond donors (Lipinski definition) is 1. The maximum atomic E-state index is 14.4. The zero-order valence-electron chi connectivity index (χ0n) is 16.2. The lowest BCUT2D eigenvalue weighted by molar-refractivity contribution is -0.487. The van der Waals surface area contributed by atoms with E-state index in [1.54, 1.807) is 0 Å². The topological polar surface area (TPSA) is 76.1 Å². The number of alkyl halides is 14. The summed E-state index contributed by atoms with van der Waals surface area (Å²) in [5.74, 6) is -20.5. The minimum atomic E-state index is -8.44. The molecule has 0 aliphatic rings. The highest BCUT2D eigenvalue weighted by molar-refractivity contribution is 5.78. The molecule has 0 spiro atoms. The molecule has 0 unspecified atom stereocenters. The fourth-order valence-corrected chi connectivity index (χ4v) is 2.02. The van der Waals surface area contributed by atoms with Crippen LogP contribution in [0.5, 0.6) is 0 Å². The van der Waals surface area contributed by atoms with Gasteiger partial charge in [-0.15, -0.1) is 4.48 Å². The number of aliphatic carboxylic acids is 1. The first kappa shape index (κ1) is 31.6. The predicted octanol–water partition coefficient (Wildman–Crippen LogP) is 5.53. The number of carbonyl (C=O) groups is 2. The van der Waals surface area contributed by atoms with Crippen LogP contribution < -0.4 is 0 Å². The third-order valence-electron chi connectivity index (χ3n) is 3.46. The number of carboxylic acids is 1. The highest BCUT2D eigenvalue weighted by Crippen LogP contribution is 2.61. The van der Waals surface area contributed by atoms with Crippen molar-refractivity contribution in [3.8, 4) is 0 Å². The zero-order chi connectivity index (χ0) is 28.1. The van der Waals surface area contributed by atoms with E-state index in [-0.39, 0.29) is 0 Å². The number of carbonyl (C=O) groups excluding carboxylic acids is 1. The lowest BCUT2D eigenvalue weighted by Crippen LogP contribution is -2.81. The van der Waals surface area contributed by atoms with Crippen LogP contribution in [0.3, 0.4) is 0 Å². The van der Waals surface area contributed by atoms with Gasteiger partial charge >= 0.3 is 54.0 Å². The smallest absolute Gasteiger partial charge is 0.478 e. The molecule has 0 saturated heterocycles. The number of halogens is 15. The fraction of sp³-hybridized carbons (Fsp3) is 0.846. The molecule has 0 rings (SSSR count). The summed E-state index contributed by atoms with van der Waals surface area (Å²) in [5.41, 5.74) is -10.3. The van der Waals surface area contributed by atoms with Crippen LogP contribution in [0, 0.1) is 0 Å².